The Morgan fingerprint density at radius 1 is 1.08 bits per heavy atom. The number of hydrogen-bond acceptors (Lipinski definition) is 3. The monoisotopic (exact) mass is 381 g/mol. The normalized spacial score (nSPS) is 11.0. The molecule has 0 atom stereocenters. The summed E-state index contributed by atoms with van der Waals surface area (Å²) in [4.78, 5) is 17.8. The zero-order valence-corrected chi connectivity index (χ0v) is 15.3. The number of carbonyl (C=O) groups is 1. The van der Waals surface area contributed by atoms with E-state index in [9.17, 15) is 4.79 Å². The number of para-hydroxylation sites is 1. The van der Waals surface area contributed by atoms with Gasteiger partial charge in [0.05, 0.1) is 21.8 Å². The van der Waals surface area contributed by atoms with Gasteiger partial charge in [-0.15, -0.1) is 0 Å². The maximum absolute atomic E-state index is 13.1. The molecule has 0 N–H and O–H groups in total. The molecule has 4 aromatic rings. The fourth-order valence-corrected chi connectivity index (χ4v) is 3.53. The number of rotatable bonds is 2. The summed E-state index contributed by atoms with van der Waals surface area (Å²) >= 11 is 12.4. The highest BCUT2D eigenvalue weighted by atomic mass is 35.5. The highest BCUT2D eigenvalue weighted by Crippen LogP contribution is 2.35. The Morgan fingerprint density at radius 3 is 2.62 bits per heavy atom. The average Bonchev–Trinajstić information content (AvgIpc) is 3.16. The second-order valence-electron chi connectivity index (χ2n) is 5.86. The summed E-state index contributed by atoms with van der Waals surface area (Å²) in [6.45, 7) is 1.87. The lowest BCUT2D eigenvalue weighted by Gasteiger charge is -2.15. The maximum atomic E-state index is 13.1. The van der Waals surface area contributed by atoms with Gasteiger partial charge in [-0.25, -0.2) is 9.67 Å². The maximum Gasteiger partial charge on any atom is 0.279 e. The molecular weight excluding hydrogens is 369 g/mol. The van der Waals surface area contributed by atoms with Crippen LogP contribution >= 0.6 is 23.2 Å². The third-order valence-electron chi connectivity index (χ3n) is 4.25. The van der Waals surface area contributed by atoms with E-state index in [-0.39, 0.29) is 5.91 Å². The van der Waals surface area contributed by atoms with E-state index in [2.05, 4.69) is 5.10 Å². The van der Waals surface area contributed by atoms with Crippen molar-refractivity contribution in [3.8, 4) is 11.3 Å². The molecule has 0 aliphatic rings. The van der Waals surface area contributed by atoms with E-state index in [1.807, 2.05) is 37.3 Å². The van der Waals surface area contributed by atoms with Gasteiger partial charge in [0.2, 0.25) is 0 Å². The van der Waals surface area contributed by atoms with Crippen LogP contribution in [0.25, 0.3) is 22.2 Å². The highest BCUT2D eigenvalue weighted by molar-refractivity contribution is 6.36. The molecule has 0 radical (unpaired) electrons. The molecule has 6 heteroatoms. The van der Waals surface area contributed by atoms with Gasteiger partial charge < -0.3 is 0 Å². The molecule has 0 aliphatic heterocycles. The number of halogens is 2. The van der Waals surface area contributed by atoms with Gasteiger partial charge in [-0.3, -0.25) is 4.79 Å². The van der Waals surface area contributed by atoms with Crippen LogP contribution < -0.4 is 0 Å². The lowest BCUT2D eigenvalue weighted by atomic mass is 9.97. The first-order valence-electron chi connectivity index (χ1n) is 7.95. The summed E-state index contributed by atoms with van der Waals surface area (Å²) < 4.78 is 1.32. The van der Waals surface area contributed by atoms with Crippen molar-refractivity contribution in [3.05, 3.63) is 82.1 Å². The predicted molar refractivity (Wildman–Crippen MR) is 104 cm³/mol. The minimum atomic E-state index is -0.211. The van der Waals surface area contributed by atoms with E-state index >= 15 is 0 Å². The van der Waals surface area contributed by atoms with Crippen LogP contribution in [0.15, 0.2) is 60.9 Å². The Balaban J connectivity index is 2.04. The van der Waals surface area contributed by atoms with Crippen LogP contribution in [0.1, 0.15) is 15.9 Å². The largest absolute Gasteiger partial charge is 0.279 e. The number of nitrogens with zero attached hydrogens (tertiary/aromatic N) is 3. The second-order valence-corrected chi connectivity index (χ2v) is 6.70. The number of carbonyl (C=O) groups excluding carboxylic acids is 1. The second kappa shape index (κ2) is 6.56. The quantitative estimate of drug-likeness (QED) is 0.466. The lowest BCUT2D eigenvalue weighted by molar-refractivity contribution is 0.0946. The van der Waals surface area contributed by atoms with Gasteiger partial charge >= 0.3 is 0 Å². The highest BCUT2D eigenvalue weighted by Gasteiger charge is 2.21. The van der Waals surface area contributed by atoms with Crippen molar-refractivity contribution in [2.75, 3.05) is 0 Å². The van der Waals surface area contributed by atoms with Crippen molar-refractivity contribution in [1.82, 2.24) is 14.8 Å². The first kappa shape index (κ1) is 16.8. The molecule has 4 rings (SSSR count). The Labute approximate surface area is 160 Å². The third-order valence-corrected chi connectivity index (χ3v) is 4.80. The van der Waals surface area contributed by atoms with Crippen LogP contribution in [-0.4, -0.2) is 20.7 Å². The van der Waals surface area contributed by atoms with Gasteiger partial charge in [0, 0.05) is 28.4 Å². The van der Waals surface area contributed by atoms with Crippen molar-refractivity contribution in [3.63, 3.8) is 0 Å². The lowest BCUT2D eigenvalue weighted by Crippen LogP contribution is -2.15. The van der Waals surface area contributed by atoms with Crippen molar-refractivity contribution in [1.29, 1.82) is 0 Å². The molecule has 128 valence electrons. The van der Waals surface area contributed by atoms with Gasteiger partial charge in [-0.05, 0) is 42.8 Å². The van der Waals surface area contributed by atoms with E-state index < -0.39 is 0 Å². The molecule has 0 saturated carbocycles. The van der Waals surface area contributed by atoms with Crippen molar-refractivity contribution >= 4 is 40.0 Å². The molecule has 0 unspecified atom stereocenters. The first-order valence-corrected chi connectivity index (χ1v) is 8.71. The molecule has 2 heterocycles. The SMILES string of the molecule is Cc1c(-c2ccc(Cl)cc2Cl)nc2ccccc2c1C(=O)n1cccn1. The summed E-state index contributed by atoms with van der Waals surface area (Å²) in [5, 5.41) is 5.89. The van der Waals surface area contributed by atoms with Crippen LogP contribution in [0, 0.1) is 6.92 Å². The molecule has 0 bridgehead atoms. The Morgan fingerprint density at radius 2 is 1.88 bits per heavy atom. The van der Waals surface area contributed by atoms with Crippen LogP contribution in [-0.2, 0) is 0 Å². The molecule has 0 amide bonds. The smallest absolute Gasteiger partial charge is 0.267 e. The molecule has 2 aromatic heterocycles. The standard InChI is InChI=1S/C20H13Cl2N3O/c1-12-18(20(26)25-10-4-9-23-25)15-5-2-3-6-17(15)24-19(12)14-8-7-13(21)11-16(14)22/h2-11H,1H3. The van der Waals surface area contributed by atoms with E-state index in [0.717, 1.165) is 22.0 Å². The molecule has 0 fully saturated rings. The Hall–Kier alpha value is -2.69. The minimum absolute atomic E-state index is 0.211. The van der Waals surface area contributed by atoms with Gasteiger partial charge in [0.15, 0.2) is 0 Å². The summed E-state index contributed by atoms with van der Waals surface area (Å²) in [7, 11) is 0. The number of benzene rings is 2. The van der Waals surface area contributed by atoms with E-state index in [4.69, 9.17) is 28.2 Å². The van der Waals surface area contributed by atoms with E-state index in [1.165, 1.54) is 4.68 Å². The van der Waals surface area contributed by atoms with Gasteiger partial charge in [-0.2, -0.15) is 5.10 Å². The van der Waals surface area contributed by atoms with Crippen molar-refractivity contribution in [2.45, 2.75) is 6.92 Å². The van der Waals surface area contributed by atoms with Crippen LogP contribution in [0.3, 0.4) is 0 Å². The van der Waals surface area contributed by atoms with Gasteiger partial charge in [0.1, 0.15) is 0 Å². The predicted octanol–water partition coefficient (Wildman–Crippen LogP) is 5.40. The fraction of sp³-hybridized carbons (Fsp3) is 0.0500. The molecule has 2 aromatic carbocycles. The Kier molecular flexibility index (Phi) is 4.23. The molecule has 0 spiro atoms. The summed E-state index contributed by atoms with van der Waals surface area (Å²) in [6, 6.07) is 14.5. The van der Waals surface area contributed by atoms with Gasteiger partial charge in [0.25, 0.3) is 5.91 Å². The fourth-order valence-electron chi connectivity index (χ4n) is 3.03. The Bertz CT molecular complexity index is 1140. The third kappa shape index (κ3) is 2.77. The summed E-state index contributed by atoms with van der Waals surface area (Å²) in [6.07, 6.45) is 3.21. The number of pyridine rings is 1. The van der Waals surface area contributed by atoms with Crippen LogP contribution in [0.5, 0.6) is 0 Å². The molecule has 26 heavy (non-hydrogen) atoms. The topological polar surface area (TPSA) is 47.8 Å². The van der Waals surface area contributed by atoms with Crippen LogP contribution in [0.4, 0.5) is 0 Å². The molecular formula is C20H13Cl2N3O. The molecule has 4 nitrogen and oxygen atoms in total. The zero-order chi connectivity index (χ0) is 18.3. The summed E-state index contributed by atoms with van der Waals surface area (Å²) in [5.74, 6) is -0.211. The average molecular weight is 382 g/mol. The van der Waals surface area contributed by atoms with Crippen molar-refractivity contribution < 1.29 is 4.79 Å². The minimum Gasteiger partial charge on any atom is -0.267 e. The number of fused-ring (bicyclic) bond motifs is 1. The number of aromatic nitrogens is 3. The van der Waals surface area contributed by atoms with Crippen LogP contribution in [0.2, 0.25) is 10.0 Å². The molecule has 0 aliphatic carbocycles. The zero-order valence-electron chi connectivity index (χ0n) is 13.8. The van der Waals surface area contributed by atoms with Crippen molar-refractivity contribution in [2.24, 2.45) is 0 Å². The van der Waals surface area contributed by atoms with Gasteiger partial charge in [-0.1, -0.05) is 41.4 Å². The first-order chi connectivity index (χ1) is 12.6. The number of hydrogen-bond donors (Lipinski definition) is 0. The summed E-state index contributed by atoms with van der Waals surface area (Å²) in [5.41, 5.74) is 3.40. The van der Waals surface area contributed by atoms with E-state index in [0.29, 0.717) is 21.3 Å². The molecule has 0 saturated heterocycles. The van der Waals surface area contributed by atoms with E-state index in [1.54, 1.807) is 30.6 Å².